The molecule has 2 aromatic rings. The Morgan fingerprint density at radius 1 is 1.10 bits per heavy atom. The molecule has 4 nitrogen and oxygen atoms in total. The molecule has 20 heavy (non-hydrogen) atoms. The first-order valence-corrected chi connectivity index (χ1v) is 5.83. The summed E-state index contributed by atoms with van der Waals surface area (Å²) in [4.78, 5) is 16.4. The molecule has 0 fully saturated rings. The van der Waals surface area contributed by atoms with Gasteiger partial charge in [0.25, 0.3) is 0 Å². The van der Waals surface area contributed by atoms with Gasteiger partial charge in [0.1, 0.15) is 11.6 Å². The number of anilines is 1. The maximum absolute atomic E-state index is 13.3. The fourth-order valence-electron chi connectivity index (χ4n) is 1.50. The molecule has 0 saturated heterocycles. The van der Waals surface area contributed by atoms with Crippen molar-refractivity contribution in [3.63, 3.8) is 0 Å². The highest BCUT2D eigenvalue weighted by Gasteiger charge is 2.07. The van der Waals surface area contributed by atoms with Crippen LogP contribution >= 0.6 is 0 Å². The fraction of sp³-hybridized carbons (Fsp3) is 0.0714. The average Bonchev–Trinajstić information content (AvgIpc) is 2.44. The number of amides is 2. The number of halogens is 2. The molecule has 2 amide bonds. The van der Waals surface area contributed by atoms with Crippen molar-refractivity contribution < 1.29 is 18.4 Å². The highest BCUT2D eigenvalue weighted by Crippen LogP contribution is 2.14. The van der Waals surface area contributed by atoms with Crippen LogP contribution in [-0.2, 0) is 11.4 Å². The molecule has 0 aromatic heterocycles. The molecule has 2 aromatic carbocycles. The first kappa shape index (κ1) is 14.0. The van der Waals surface area contributed by atoms with Crippen LogP contribution in [0.5, 0.6) is 0 Å². The Morgan fingerprint density at radius 2 is 1.85 bits per heavy atom. The first-order valence-electron chi connectivity index (χ1n) is 5.83. The van der Waals surface area contributed by atoms with E-state index in [-0.39, 0.29) is 12.3 Å². The predicted molar refractivity (Wildman–Crippen MR) is 69.7 cm³/mol. The first-order chi connectivity index (χ1) is 9.65. The summed E-state index contributed by atoms with van der Waals surface area (Å²) < 4.78 is 26.2. The average molecular weight is 278 g/mol. The van der Waals surface area contributed by atoms with E-state index in [1.165, 1.54) is 0 Å². The lowest BCUT2D eigenvalue weighted by Gasteiger charge is -2.08. The van der Waals surface area contributed by atoms with E-state index < -0.39 is 17.7 Å². The molecule has 6 heteroatoms. The SMILES string of the molecule is O=C(NOCc1ccccc1)Nc1cc(F)ccc1F. The maximum Gasteiger partial charge on any atom is 0.343 e. The Balaban J connectivity index is 1.82. The van der Waals surface area contributed by atoms with E-state index in [0.717, 1.165) is 23.8 Å². The van der Waals surface area contributed by atoms with Gasteiger partial charge in [0, 0.05) is 6.07 Å². The zero-order chi connectivity index (χ0) is 14.4. The highest BCUT2D eigenvalue weighted by atomic mass is 19.1. The van der Waals surface area contributed by atoms with Crippen LogP contribution in [0.3, 0.4) is 0 Å². The van der Waals surface area contributed by atoms with Crippen LogP contribution in [0.25, 0.3) is 0 Å². The molecule has 0 unspecified atom stereocenters. The molecule has 104 valence electrons. The van der Waals surface area contributed by atoms with Gasteiger partial charge in [-0.05, 0) is 17.7 Å². The minimum atomic E-state index is -0.787. The Morgan fingerprint density at radius 3 is 2.60 bits per heavy atom. The molecule has 0 bridgehead atoms. The van der Waals surface area contributed by atoms with E-state index in [2.05, 4.69) is 10.8 Å². The molecule has 2 rings (SSSR count). The Bertz CT molecular complexity index is 591. The van der Waals surface area contributed by atoms with Crippen molar-refractivity contribution in [1.29, 1.82) is 0 Å². The number of hydrogen-bond donors (Lipinski definition) is 2. The van der Waals surface area contributed by atoms with Crippen molar-refractivity contribution in [3.05, 3.63) is 65.7 Å². The second-order valence-electron chi connectivity index (χ2n) is 3.95. The highest BCUT2D eigenvalue weighted by molar-refractivity contribution is 5.88. The van der Waals surface area contributed by atoms with Crippen molar-refractivity contribution in [2.75, 3.05) is 5.32 Å². The molecular weight excluding hydrogens is 266 g/mol. The van der Waals surface area contributed by atoms with E-state index in [1.54, 1.807) is 0 Å². The van der Waals surface area contributed by atoms with Gasteiger partial charge in [0.15, 0.2) is 0 Å². The second-order valence-corrected chi connectivity index (χ2v) is 3.95. The molecule has 0 aliphatic carbocycles. The number of hydrogen-bond acceptors (Lipinski definition) is 2. The quantitative estimate of drug-likeness (QED) is 0.844. The van der Waals surface area contributed by atoms with E-state index in [1.807, 2.05) is 30.3 Å². The zero-order valence-corrected chi connectivity index (χ0v) is 10.4. The molecule has 0 atom stereocenters. The van der Waals surface area contributed by atoms with Crippen molar-refractivity contribution in [1.82, 2.24) is 5.48 Å². The van der Waals surface area contributed by atoms with Gasteiger partial charge in [-0.3, -0.25) is 4.84 Å². The van der Waals surface area contributed by atoms with Crippen LogP contribution in [0.4, 0.5) is 19.3 Å². The van der Waals surface area contributed by atoms with Gasteiger partial charge in [-0.2, -0.15) is 0 Å². The fourth-order valence-corrected chi connectivity index (χ4v) is 1.50. The number of hydroxylamine groups is 1. The van der Waals surface area contributed by atoms with Crippen LogP contribution in [0.15, 0.2) is 48.5 Å². The minimum absolute atomic E-state index is 0.167. The monoisotopic (exact) mass is 278 g/mol. The lowest BCUT2D eigenvalue weighted by atomic mass is 10.2. The summed E-state index contributed by atoms with van der Waals surface area (Å²) in [7, 11) is 0. The normalized spacial score (nSPS) is 10.1. The Hall–Kier alpha value is -2.47. The number of rotatable bonds is 4. The third-order valence-electron chi connectivity index (χ3n) is 2.42. The molecule has 0 saturated carbocycles. The lowest BCUT2D eigenvalue weighted by molar-refractivity contribution is 0.0535. The molecule has 0 aliphatic rings. The molecule has 0 radical (unpaired) electrons. The van der Waals surface area contributed by atoms with Crippen LogP contribution < -0.4 is 10.8 Å². The molecule has 0 heterocycles. The third-order valence-corrected chi connectivity index (χ3v) is 2.42. The standard InChI is InChI=1S/C14H12F2N2O2/c15-11-6-7-12(16)13(8-11)17-14(19)18-20-9-10-4-2-1-3-5-10/h1-8H,9H2,(H2,17,18,19). The summed E-state index contributed by atoms with van der Waals surface area (Å²) in [6, 6.07) is 11.2. The zero-order valence-electron chi connectivity index (χ0n) is 10.4. The minimum Gasteiger partial charge on any atom is -0.303 e. The number of carbonyl (C=O) groups excluding carboxylic acids is 1. The van der Waals surface area contributed by atoms with Crippen molar-refractivity contribution in [3.8, 4) is 0 Å². The number of benzene rings is 2. The third kappa shape index (κ3) is 4.03. The summed E-state index contributed by atoms with van der Waals surface area (Å²) >= 11 is 0. The topological polar surface area (TPSA) is 50.4 Å². The van der Waals surface area contributed by atoms with Gasteiger partial charge >= 0.3 is 6.03 Å². The predicted octanol–water partition coefficient (Wildman–Crippen LogP) is 3.22. The van der Waals surface area contributed by atoms with E-state index in [4.69, 9.17) is 4.84 Å². The maximum atomic E-state index is 13.3. The Labute approximate surface area is 114 Å². The second kappa shape index (κ2) is 6.63. The van der Waals surface area contributed by atoms with Crippen molar-refractivity contribution >= 4 is 11.7 Å². The van der Waals surface area contributed by atoms with Gasteiger partial charge in [-0.1, -0.05) is 30.3 Å². The van der Waals surface area contributed by atoms with E-state index in [0.29, 0.717) is 0 Å². The smallest absolute Gasteiger partial charge is 0.303 e. The van der Waals surface area contributed by atoms with Crippen LogP contribution in [-0.4, -0.2) is 6.03 Å². The summed E-state index contributed by atoms with van der Waals surface area (Å²) in [6.07, 6.45) is 0. The van der Waals surface area contributed by atoms with Gasteiger partial charge in [0.2, 0.25) is 0 Å². The van der Waals surface area contributed by atoms with E-state index in [9.17, 15) is 13.6 Å². The number of urea groups is 1. The largest absolute Gasteiger partial charge is 0.343 e. The van der Waals surface area contributed by atoms with Gasteiger partial charge in [-0.15, -0.1) is 0 Å². The van der Waals surface area contributed by atoms with Crippen LogP contribution in [0, 0.1) is 11.6 Å². The van der Waals surface area contributed by atoms with Gasteiger partial charge in [0.05, 0.1) is 12.3 Å². The molecule has 0 aliphatic heterocycles. The Kier molecular flexibility index (Phi) is 4.62. The van der Waals surface area contributed by atoms with Gasteiger partial charge in [-0.25, -0.2) is 19.1 Å². The molecule has 0 spiro atoms. The van der Waals surface area contributed by atoms with Gasteiger partial charge < -0.3 is 5.32 Å². The van der Waals surface area contributed by atoms with E-state index >= 15 is 0 Å². The molecular formula is C14H12F2N2O2. The summed E-state index contributed by atoms with van der Waals surface area (Å²) in [5, 5.41) is 2.15. The van der Waals surface area contributed by atoms with Crippen molar-refractivity contribution in [2.24, 2.45) is 0 Å². The summed E-state index contributed by atoms with van der Waals surface area (Å²) in [5.41, 5.74) is 2.69. The lowest BCUT2D eigenvalue weighted by Crippen LogP contribution is -2.29. The number of carbonyl (C=O) groups is 1. The van der Waals surface area contributed by atoms with Crippen molar-refractivity contribution in [2.45, 2.75) is 6.61 Å². The molecule has 2 N–H and O–H groups in total. The summed E-state index contributed by atoms with van der Waals surface area (Å²) in [5.74, 6) is -1.38. The van der Waals surface area contributed by atoms with Crippen LogP contribution in [0.1, 0.15) is 5.56 Å². The number of nitrogens with one attached hydrogen (secondary N) is 2. The van der Waals surface area contributed by atoms with Crippen LogP contribution in [0.2, 0.25) is 0 Å². The summed E-state index contributed by atoms with van der Waals surface area (Å²) in [6.45, 7) is 0.167.